The number of nitrogens with zero attached hydrogens (tertiary/aromatic N) is 4. The first-order chi connectivity index (χ1) is 9.72. The van der Waals surface area contributed by atoms with Crippen LogP contribution in [-0.2, 0) is 0 Å². The maximum absolute atomic E-state index is 11.5. The van der Waals surface area contributed by atoms with Gasteiger partial charge in [0.2, 0.25) is 5.95 Å². The van der Waals surface area contributed by atoms with Crippen LogP contribution >= 0.6 is 0 Å². The molecule has 0 unspecified atom stereocenters. The smallest absolute Gasteiger partial charge is 0.252 e. The number of aromatic nitrogens is 3. The molecule has 0 saturated carbocycles. The highest BCUT2D eigenvalue weighted by Crippen LogP contribution is 2.15. The molecule has 0 atom stereocenters. The van der Waals surface area contributed by atoms with E-state index in [4.69, 9.17) is 0 Å². The van der Waals surface area contributed by atoms with Crippen LogP contribution in [0, 0.1) is 6.92 Å². The first-order valence-corrected chi connectivity index (χ1v) is 6.71. The van der Waals surface area contributed by atoms with E-state index in [9.17, 15) is 4.79 Å². The Labute approximate surface area is 117 Å². The Morgan fingerprint density at radius 1 is 1.15 bits per heavy atom. The van der Waals surface area contributed by atoms with Gasteiger partial charge >= 0.3 is 0 Å². The number of aryl methyl sites for hydroxylation is 1. The van der Waals surface area contributed by atoms with E-state index < -0.39 is 0 Å². The highest BCUT2D eigenvalue weighted by Gasteiger charge is 2.19. The molecule has 0 spiro atoms. The van der Waals surface area contributed by atoms with E-state index in [1.807, 2.05) is 25.1 Å². The fourth-order valence-corrected chi connectivity index (χ4v) is 2.40. The number of anilines is 2. The van der Waals surface area contributed by atoms with Crippen molar-refractivity contribution in [3.63, 3.8) is 0 Å². The van der Waals surface area contributed by atoms with Gasteiger partial charge in [0.1, 0.15) is 5.82 Å². The van der Waals surface area contributed by atoms with Gasteiger partial charge in [0.05, 0.1) is 0 Å². The lowest BCUT2D eigenvalue weighted by Gasteiger charge is -2.35. The summed E-state index contributed by atoms with van der Waals surface area (Å²) in [5.41, 5.74) is 0.649. The summed E-state index contributed by atoms with van der Waals surface area (Å²) in [6, 6.07) is 7.44. The zero-order valence-corrected chi connectivity index (χ0v) is 11.4. The van der Waals surface area contributed by atoms with Crippen LogP contribution in [0.25, 0.3) is 0 Å². The number of rotatable bonds is 2. The lowest BCUT2D eigenvalue weighted by atomic mass is 10.3. The monoisotopic (exact) mass is 271 g/mol. The average molecular weight is 271 g/mol. The number of piperazine rings is 1. The average Bonchev–Trinajstić information content (AvgIpc) is 2.47. The molecule has 1 aliphatic heterocycles. The predicted octanol–water partition coefficient (Wildman–Crippen LogP) is 0.800. The number of aromatic amines is 1. The van der Waals surface area contributed by atoms with Crippen molar-refractivity contribution in [2.45, 2.75) is 6.92 Å². The maximum Gasteiger partial charge on any atom is 0.252 e. The summed E-state index contributed by atoms with van der Waals surface area (Å²) in [7, 11) is 0. The molecule has 0 aromatic carbocycles. The summed E-state index contributed by atoms with van der Waals surface area (Å²) in [5.74, 6) is 1.66. The van der Waals surface area contributed by atoms with Crippen LogP contribution in [-0.4, -0.2) is 41.1 Å². The zero-order chi connectivity index (χ0) is 13.9. The molecular weight excluding hydrogens is 254 g/mol. The molecule has 1 N–H and O–H groups in total. The van der Waals surface area contributed by atoms with Crippen LogP contribution in [0.3, 0.4) is 0 Å². The number of nitrogens with one attached hydrogen (secondary N) is 1. The van der Waals surface area contributed by atoms with Gasteiger partial charge in [-0.05, 0) is 19.1 Å². The predicted molar refractivity (Wildman–Crippen MR) is 78.3 cm³/mol. The van der Waals surface area contributed by atoms with E-state index in [0.717, 1.165) is 37.7 Å². The van der Waals surface area contributed by atoms with E-state index in [-0.39, 0.29) is 5.56 Å². The molecule has 0 aliphatic carbocycles. The molecular formula is C14H17N5O. The van der Waals surface area contributed by atoms with Crippen LogP contribution < -0.4 is 15.4 Å². The molecule has 1 aliphatic rings. The van der Waals surface area contributed by atoms with Crippen LogP contribution in [0.2, 0.25) is 0 Å². The topological polar surface area (TPSA) is 65.1 Å². The quantitative estimate of drug-likeness (QED) is 0.875. The third-order valence-corrected chi connectivity index (χ3v) is 3.41. The summed E-state index contributed by atoms with van der Waals surface area (Å²) in [6.45, 7) is 5.22. The lowest BCUT2D eigenvalue weighted by Crippen LogP contribution is -2.47. The van der Waals surface area contributed by atoms with Gasteiger partial charge in [0, 0.05) is 44.1 Å². The summed E-state index contributed by atoms with van der Waals surface area (Å²) >= 11 is 0. The Kier molecular flexibility index (Phi) is 3.37. The van der Waals surface area contributed by atoms with Crippen LogP contribution in [0.1, 0.15) is 5.69 Å². The van der Waals surface area contributed by atoms with Gasteiger partial charge in [-0.1, -0.05) is 6.07 Å². The third-order valence-electron chi connectivity index (χ3n) is 3.41. The minimum atomic E-state index is -0.0975. The molecule has 20 heavy (non-hydrogen) atoms. The highest BCUT2D eigenvalue weighted by atomic mass is 16.1. The number of hydrogen-bond donors (Lipinski definition) is 1. The zero-order valence-electron chi connectivity index (χ0n) is 11.4. The Hall–Kier alpha value is -2.37. The molecule has 3 rings (SSSR count). The number of pyridine rings is 1. The normalized spacial score (nSPS) is 15.4. The first kappa shape index (κ1) is 12.7. The van der Waals surface area contributed by atoms with E-state index in [0.29, 0.717) is 5.95 Å². The van der Waals surface area contributed by atoms with E-state index in [2.05, 4.69) is 24.8 Å². The van der Waals surface area contributed by atoms with Gasteiger partial charge in [0.25, 0.3) is 5.56 Å². The van der Waals surface area contributed by atoms with Gasteiger partial charge in [0.15, 0.2) is 0 Å². The molecule has 104 valence electrons. The molecule has 0 amide bonds. The Morgan fingerprint density at radius 3 is 2.55 bits per heavy atom. The van der Waals surface area contributed by atoms with Crippen molar-refractivity contribution in [2.24, 2.45) is 0 Å². The molecule has 6 nitrogen and oxygen atoms in total. The number of H-pyrrole nitrogens is 1. The molecule has 2 aromatic rings. The summed E-state index contributed by atoms with van der Waals surface area (Å²) in [4.78, 5) is 27.4. The van der Waals surface area contributed by atoms with Gasteiger partial charge < -0.3 is 9.80 Å². The second-order valence-electron chi connectivity index (χ2n) is 4.87. The van der Waals surface area contributed by atoms with E-state index in [1.165, 1.54) is 6.07 Å². The molecule has 1 saturated heterocycles. The molecule has 2 aromatic heterocycles. The lowest BCUT2D eigenvalue weighted by molar-refractivity contribution is 0.633. The standard InChI is InChI=1S/C14H17N5O/c1-11-10-13(20)17-14(16-11)19-8-6-18(7-9-19)12-4-2-3-5-15-12/h2-5,10H,6-9H2,1H3,(H,16,17,20). The molecule has 1 fully saturated rings. The number of hydrogen-bond acceptors (Lipinski definition) is 5. The van der Waals surface area contributed by atoms with Crippen molar-refractivity contribution < 1.29 is 0 Å². The Balaban J connectivity index is 1.71. The van der Waals surface area contributed by atoms with E-state index >= 15 is 0 Å². The Bertz CT molecular complexity index is 632. The van der Waals surface area contributed by atoms with Gasteiger partial charge in [-0.25, -0.2) is 9.97 Å². The van der Waals surface area contributed by atoms with Crippen LogP contribution in [0.5, 0.6) is 0 Å². The van der Waals surface area contributed by atoms with Crippen molar-refractivity contribution in [3.05, 3.63) is 46.5 Å². The van der Waals surface area contributed by atoms with Crippen molar-refractivity contribution in [1.82, 2.24) is 15.0 Å². The van der Waals surface area contributed by atoms with Crippen molar-refractivity contribution in [2.75, 3.05) is 36.0 Å². The second kappa shape index (κ2) is 5.32. The maximum atomic E-state index is 11.5. The molecule has 0 radical (unpaired) electrons. The molecule has 0 bridgehead atoms. The van der Waals surface area contributed by atoms with Crippen molar-refractivity contribution in [1.29, 1.82) is 0 Å². The summed E-state index contributed by atoms with van der Waals surface area (Å²) in [5, 5.41) is 0. The fourth-order valence-electron chi connectivity index (χ4n) is 2.40. The fraction of sp³-hybridized carbons (Fsp3) is 0.357. The largest absolute Gasteiger partial charge is 0.353 e. The first-order valence-electron chi connectivity index (χ1n) is 6.71. The van der Waals surface area contributed by atoms with Crippen LogP contribution in [0.4, 0.5) is 11.8 Å². The van der Waals surface area contributed by atoms with Gasteiger partial charge in [-0.2, -0.15) is 0 Å². The van der Waals surface area contributed by atoms with Gasteiger partial charge in [-0.15, -0.1) is 0 Å². The summed E-state index contributed by atoms with van der Waals surface area (Å²) < 4.78 is 0. The highest BCUT2D eigenvalue weighted by molar-refractivity contribution is 5.41. The van der Waals surface area contributed by atoms with Crippen LogP contribution in [0.15, 0.2) is 35.3 Å². The Morgan fingerprint density at radius 2 is 1.90 bits per heavy atom. The van der Waals surface area contributed by atoms with Gasteiger partial charge in [-0.3, -0.25) is 9.78 Å². The second-order valence-corrected chi connectivity index (χ2v) is 4.87. The SMILES string of the molecule is Cc1cc(=O)[nH]c(N2CCN(c3ccccn3)CC2)n1. The van der Waals surface area contributed by atoms with Crippen molar-refractivity contribution in [3.8, 4) is 0 Å². The summed E-state index contributed by atoms with van der Waals surface area (Å²) in [6.07, 6.45) is 1.81. The minimum absolute atomic E-state index is 0.0975. The van der Waals surface area contributed by atoms with Crippen molar-refractivity contribution >= 4 is 11.8 Å². The molecule has 3 heterocycles. The van der Waals surface area contributed by atoms with E-state index in [1.54, 1.807) is 6.20 Å². The molecule has 6 heteroatoms. The third kappa shape index (κ3) is 2.64. The minimum Gasteiger partial charge on any atom is -0.353 e.